The van der Waals surface area contributed by atoms with Crippen LogP contribution >= 0.6 is 0 Å². The van der Waals surface area contributed by atoms with E-state index < -0.39 is 8.07 Å². The van der Waals surface area contributed by atoms with Gasteiger partial charge >= 0.3 is 0 Å². The summed E-state index contributed by atoms with van der Waals surface area (Å²) >= 11 is 0. The Kier molecular flexibility index (Phi) is 9.31. The van der Waals surface area contributed by atoms with Gasteiger partial charge in [-0.15, -0.1) is 0 Å². The fourth-order valence-electron chi connectivity index (χ4n) is 4.50. The molecule has 1 atom stereocenters. The summed E-state index contributed by atoms with van der Waals surface area (Å²) in [4.78, 5) is 5.13. The van der Waals surface area contributed by atoms with Gasteiger partial charge in [0, 0.05) is 17.8 Å². The van der Waals surface area contributed by atoms with Crippen molar-refractivity contribution in [1.82, 2.24) is 0 Å². The number of aliphatic imine (C=N–C) groups is 1. The van der Waals surface area contributed by atoms with Crippen molar-refractivity contribution in [1.29, 1.82) is 0 Å². The highest BCUT2D eigenvalue weighted by atomic mass is 28.3. The molecule has 0 bridgehead atoms. The predicted octanol–water partition coefficient (Wildman–Crippen LogP) is 7.02. The average molecular weight is 322 g/mol. The summed E-state index contributed by atoms with van der Waals surface area (Å²) < 4.78 is 0. The maximum atomic E-state index is 5.13. The van der Waals surface area contributed by atoms with Crippen molar-refractivity contribution in [2.24, 2.45) is 4.99 Å². The van der Waals surface area contributed by atoms with Gasteiger partial charge < -0.3 is 0 Å². The molecule has 1 aliphatic rings. The maximum Gasteiger partial charge on any atom is 0.0645 e. The van der Waals surface area contributed by atoms with Crippen LogP contribution in [0.1, 0.15) is 78.6 Å². The summed E-state index contributed by atoms with van der Waals surface area (Å²) in [6.45, 7) is 15.1. The Balaban J connectivity index is 3.02. The molecule has 0 fully saturated rings. The Labute approximate surface area is 140 Å². The van der Waals surface area contributed by atoms with Crippen LogP contribution in [0.15, 0.2) is 17.1 Å². The minimum atomic E-state index is -1.33. The molecule has 0 amide bonds. The number of allylic oxidation sites excluding steroid dienone is 1. The van der Waals surface area contributed by atoms with Crippen molar-refractivity contribution in [3.63, 3.8) is 0 Å². The summed E-state index contributed by atoms with van der Waals surface area (Å²) in [5.74, 6) is 0. The Morgan fingerprint density at radius 2 is 1.59 bits per heavy atom. The number of hydrogen-bond donors (Lipinski definition) is 0. The van der Waals surface area contributed by atoms with Crippen LogP contribution in [-0.2, 0) is 0 Å². The lowest BCUT2D eigenvalue weighted by molar-refractivity contribution is 0.594. The smallest absolute Gasteiger partial charge is 0.0645 e. The summed E-state index contributed by atoms with van der Waals surface area (Å²) in [5.41, 5.74) is 3.56. The third-order valence-corrected chi connectivity index (χ3v) is 10.8. The first-order valence-electron chi connectivity index (χ1n) is 9.73. The van der Waals surface area contributed by atoms with Crippen molar-refractivity contribution in [3.05, 3.63) is 12.2 Å². The van der Waals surface area contributed by atoms with E-state index in [1.54, 1.807) is 0 Å². The van der Waals surface area contributed by atoms with Crippen LogP contribution in [0.3, 0.4) is 0 Å². The molecule has 1 unspecified atom stereocenters. The molecule has 0 spiro atoms. The predicted molar refractivity (Wildman–Crippen MR) is 105 cm³/mol. The van der Waals surface area contributed by atoms with Gasteiger partial charge in [-0.25, -0.2) is 0 Å². The zero-order valence-electron chi connectivity index (χ0n) is 15.7. The van der Waals surface area contributed by atoms with Gasteiger partial charge in [0.2, 0.25) is 0 Å². The molecule has 0 aliphatic carbocycles. The molecule has 0 aromatic carbocycles. The summed E-state index contributed by atoms with van der Waals surface area (Å²) in [6.07, 6.45) is 12.1. The highest BCUT2D eigenvalue weighted by Crippen LogP contribution is 2.39. The van der Waals surface area contributed by atoms with E-state index in [4.69, 9.17) is 4.99 Å². The largest absolute Gasteiger partial charge is 0.294 e. The summed E-state index contributed by atoms with van der Waals surface area (Å²) in [6, 6.07) is 2.86. The number of rotatable bonds is 7. The van der Waals surface area contributed by atoms with Gasteiger partial charge in [0.1, 0.15) is 0 Å². The fourth-order valence-corrected chi connectivity index (χ4v) is 9.84. The Hall–Kier alpha value is -0.373. The zero-order chi connectivity index (χ0) is 16.4. The standard InChI is InChI=1S/C20H39NSi/c1-6-16-22(5,17-7-2)20(18(3)4)19-14-12-10-8-9-11-13-15-21-19/h20H,3,6-17H2,1-2,4-5H3. The SMILES string of the molecule is C=C(C)C(C1=NCCCCCCCC1)[Si](C)(CCC)CCC. The van der Waals surface area contributed by atoms with Gasteiger partial charge in [-0.05, 0) is 26.2 Å². The van der Waals surface area contributed by atoms with Crippen LogP contribution < -0.4 is 0 Å². The fraction of sp³-hybridized carbons (Fsp3) is 0.850. The molecule has 1 aliphatic heterocycles. The first-order chi connectivity index (χ1) is 10.5. The van der Waals surface area contributed by atoms with Crippen molar-refractivity contribution in [3.8, 4) is 0 Å². The highest BCUT2D eigenvalue weighted by molar-refractivity contribution is 6.83. The van der Waals surface area contributed by atoms with E-state index in [1.165, 1.54) is 81.2 Å². The van der Waals surface area contributed by atoms with Crippen LogP contribution in [-0.4, -0.2) is 20.3 Å². The number of hydrogen-bond acceptors (Lipinski definition) is 1. The van der Waals surface area contributed by atoms with Crippen molar-refractivity contribution < 1.29 is 0 Å². The molecule has 0 saturated heterocycles. The van der Waals surface area contributed by atoms with Crippen LogP contribution in [0.2, 0.25) is 24.2 Å². The van der Waals surface area contributed by atoms with Crippen LogP contribution in [0.25, 0.3) is 0 Å². The molecule has 0 aromatic rings. The van der Waals surface area contributed by atoms with Gasteiger partial charge in [0.25, 0.3) is 0 Å². The molecule has 0 aromatic heterocycles. The van der Waals surface area contributed by atoms with E-state index >= 15 is 0 Å². The van der Waals surface area contributed by atoms with Gasteiger partial charge in [-0.2, -0.15) is 0 Å². The van der Waals surface area contributed by atoms with Gasteiger partial charge in [0.15, 0.2) is 0 Å². The third-order valence-electron chi connectivity index (χ3n) is 5.32. The lowest BCUT2D eigenvalue weighted by Crippen LogP contribution is -2.40. The molecule has 0 radical (unpaired) electrons. The monoisotopic (exact) mass is 321 g/mol. The maximum absolute atomic E-state index is 5.13. The summed E-state index contributed by atoms with van der Waals surface area (Å²) in [5, 5.41) is 0. The molecule has 1 rings (SSSR count). The van der Waals surface area contributed by atoms with Gasteiger partial charge in [-0.3, -0.25) is 4.99 Å². The second-order valence-electron chi connectivity index (χ2n) is 7.68. The average Bonchev–Trinajstić information content (AvgIpc) is 2.46. The van der Waals surface area contributed by atoms with E-state index in [-0.39, 0.29) is 0 Å². The summed E-state index contributed by atoms with van der Waals surface area (Å²) in [7, 11) is -1.33. The van der Waals surface area contributed by atoms with Crippen molar-refractivity contribution in [2.75, 3.05) is 6.54 Å². The quantitative estimate of drug-likeness (QED) is 0.353. The second-order valence-corrected chi connectivity index (χ2v) is 12.6. The Morgan fingerprint density at radius 3 is 2.14 bits per heavy atom. The molecule has 1 nitrogen and oxygen atoms in total. The van der Waals surface area contributed by atoms with E-state index in [0.29, 0.717) is 5.54 Å². The second kappa shape index (κ2) is 10.4. The van der Waals surface area contributed by atoms with E-state index in [0.717, 1.165) is 6.54 Å². The van der Waals surface area contributed by atoms with E-state index in [1.807, 2.05) is 0 Å². The topological polar surface area (TPSA) is 12.4 Å². The van der Waals surface area contributed by atoms with Crippen LogP contribution in [0.4, 0.5) is 0 Å². The molecule has 128 valence electrons. The van der Waals surface area contributed by atoms with E-state index in [9.17, 15) is 0 Å². The molecule has 1 heterocycles. The van der Waals surface area contributed by atoms with Gasteiger partial charge in [-0.1, -0.05) is 83.2 Å². The first-order valence-corrected chi connectivity index (χ1v) is 12.7. The Bertz CT molecular complexity index is 353. The number of nitrogens with zero attached hydrogens (tertiary/aromatic N) is 1. The van der Waals surface area contributed by atoms with Crippen molar-refractivity contribution >= 4 is 13.8 Å². The molecule has 0 N–H and O–H groups in total. The Morgan fingerprint density at radius 1 is 1.05 bits per heavy atom. The molecule has 22 heavy (non-hydrogen) atoms. The molecule has 2 heteroatoms. The van der Waals surface area contributed by atoms with E-state index in [2.05, 4.69) is 33.9 Å². The van der Waals surface area contributed by atoms with Crippen molar-refractivity contribution in [2.45, 2.75) is 103 Å². The minimum Gasteiger partial charge on any atom is -0.294 e. The first kappa shape index (κ1) is 19.7. The highest BCUT2D eigenvalue weighted by Gasteiger charge is 2.38. The van der Waals surface area contributed by atoms with Crippen LogP contribution in [0.5, 0.6) is 0 Å². The lowest BCUT2D eigenvalue weighted by atomic mass is 10.0. The molecular weight excluding hydrogens is 282 g/mol. The normalized spacial score (nSPS) is 19.4. The lowest BCUT2D eigenvalue weighted by Gasteiger charge is -2.38. The van der Waals surface area contributed by atoms with Crippen LogP contribution in [0, 0.1) is 0 Å². The molecule has 0 saturated carbocycles. The molecular formula is C20H39NSi. The third kappa shape index (κ3) is 6.02. The van der Waals surface area contributed by atoms with Gasteiger partial charge in [0.05, 0.1) is 8.07 Å². The minimum absolute atomic E-state index is 0.631. The zero-order valence-corrected chi connectivity index (χ0v) is 16.7.